The van der Waals surface area contributed by atoms with E-state index in [0.717, 1.165) is 19.4 Å². The maximum Gasteiger partial charge on any atom is 0.0620 e. The van der Waals surface area contributed by atoms with Gasteiger partial charge in [0.05, 0.1) is 5.60 Å². The maximum atomic E-state index is 10.4. The first-order valence-electron chi connectivity index (χ1n) is 8.56. The average Bonchev–Trinajstić information content (AvgIpc) is 2.83. The van der Waals surface area contributed by atoms with Gasteiger partial charge in [-0.2, -0.15) is 0 Å². The van der Waals surface area contributed by atoms with Gasteiger partial charge >= 0.3 is 0 Å². The van der Waals surface area contributed by atoms with Crippen molar-refractivity contribution in [3.8, 4) is 0 Å². The molecule has 1 heterocycles. The van der Waals surface area contributed by atoms with Gasteiger partial charge in [0.15, 0.2) is 0 Å². The third-order valence-corrected chi connectivity index (χ3v) is 5.08. The summed E-state index contributed by atoms with van der Waals surface area (Å²) in [5.74, 6) is 0.642. The molecule has 3 unspecified atom stereocenters. The molecule has 1 aromatic rings. The Kier molecular flexibility index (Phi) is 5.83. The molecule has 0 radical (unpaired) electrons. The number of aliphatic hydroxyl groups is 1. The average molecular weight is 289 g/mol. The van der Waals surface area contributed by atoms with Crippen molar-refractivity contribution in [2.24, 2.45) is 5.92 Å². The van der Waals surface area contributed by atoms with Crippen LogP contribution in [0, 0.1) is 5.92 Å². The van der Waals surface area contributed by atoms with Crippen molar-refractivity contribution in [1.29, 1.82) is 0 Å². The van der Waals surface area contributed by atoms with Crippen molar-refractivity contribution in [2.75, 3.05) is 6.54 Å². The van der Waals surface area contributed by atoms with Crippen LogP contribution in [-0.4, -0.2) is 28.2 Å². The van der Waals surface area contributed by atoms with Crippen molar-refractivity contribution in [2.45, 2.75) is 71.1 Å². The molecule has 1 aliphatic rings. The molecule has 118 valence electrons. The standard InChI is InChI=1S/C19H31NO/c1-4-9-18-17(14-19(3,21)5-2)12-13-20(18)15-16-10-7-6-8-11-16/h6-8,10-11,17-18,21H,4-5,9,12-15H2,1-3H3. The molecular weight excluding hydrogens is 258 g/mol. The highest BCUT2D eigenvalue weighted by Gasteiger charge is 2.36. The van der Waals surface area contributed by atoms with Crippen LogP contribution in [0.3, 0.4) is 0 Å². The second-order valence-corrected chi connectivity index (χ2v) is 6.92. The van der Waals surface area contributed by atoms with E-state index >= 15 is 0 Å². The molecule has 2 heteroatoms. The number of nitrogens with zero attached hydrogens (tertiary/aromatic N) is 1. The minimum atomic E-state index is -0.501. The SMILES string of the molecule is CCCC1C(CC(C)(O)CC)CCN1Cc1ccccc1. The largest absolute Gasteiger partial charge is 0.390 e. The van der Waals surface area contributed by atoms with E-state index < -0.39 is 5.60 Å². The number of likely N-dealkylation sites (tertiary alicyclic amines) is 1. The van der Waals surface area contributed by atoms with E-state index in [0.29, 0.717) is 12.0 Å². The van der Waals surface area contributed by atoms with Gasteiger partial charge in [0.25, 0.3) is 0 Å². The lowest BCUT2D eigenvalue weighted by atomic mass is 9.84. The van der Waals surface area contributed by atoms with Gasteiger partial charge in [-0.15, -0.1) is 0 Å². The second-order valence-electron chi connectivity index (χ2n) is 6.92. The van der Waals surface area contributed by atoms with Crippen LogP contribution in [0.25, 0.3) is 0 Å². The molecule has 0 aromatic heterocycles. The van der Waals surface area contributed by atoms with Gasteiger partial charge in [0.2, 0.25) is 0 Å². The van der Waals surface area contributed by atoms with Gasteiger partial charge in [-0.05, 0) is 50.6 Å². The highest BCUT2D eigenvalue weighted by Crippen LogP contribution is 2.35. The van der Waals surface area contributed by atoms with Crippen molar-refractivity contribution in [3.05, 3.63) is 35.9 Å². The van der Waals surface area contributed by atoms with E-state index in [4.69, 9.17) is 0 Å². The number of hydrogen-bond acceptors (Lipinski definition) is 2. The zero-order valence-electron chi connectivity index (χ0n) is 13.9. The molecular formula is C19H31NO. The van der Waals surface area contributed by atoms with Crippen molar-refractivity contribution in [3.63, 3.8) is 0 Å². The molecule has 0 aliphatic carbocycles. The Labute approximate surface area is 130 Å². The number of hydrogen-bond donors (Lipinski definition) is 1. The second kappa shape index (κ2) is 7.42. The van der Waals surface area contributed by atoms with Crippen molar-refractivity contribution >= 4 is 0 Å². The zero-order valence-corrected chi connectivity index (χ0v) is 13.9. The first-order valence-corrected chi connectivity index (χ1v) is 8.56. The Morgan fingerprint density at radius 3 is 2.57 bits per heavy atom. The minimum absolute atomic E-state index is 0.501. The Morgan fingerprint density at radius 2 is 1.95 bits per heavy atom. The predicted octanol–water partition coefficient (Wildman–Crippen LogP) is 4.23. The Morgan fingerprint density at radius 1 is 1.24 bits per heavy atom. The van der Waals surface area contributed by atoms with Crippen LogP contribution in [0.2, 0.25) is 0 Å². The Bertz CT molecular complexity index is 415. The molecule has 2 rings (SSSR count). The molecule has 0 saturated carbocycles. The van der Waals surface area contributed by atoms with E-state index in [1.807, 2.05) is 6.92 Å². The van der Waals surface area contributed by atoms with Gasteiger partial charge in [-0.25, -0.2) is 0 Å². The lowest BCUT2D eigenvalue weighted by Gasteiger charge is -2.32. The molecule has 3 atom stereocenters. The Hall–Kier alpha value is -0.860. The van der Waals surface area contributed by atoms with E-state index in [1.54, 1.807) is 0 Å². The van der Waals surface area contributed by atoms with Gasteiger partial charge in [-0.1, -0.05) is 50.6 Å². The van der Waals surface area contributed by atoms with E-state index in [9.17, 15) is 5.11 Å². The molecule has 1 saturated heterocycles. The quantitative estimate of drug-likeness (QED) is 0.812. The lowest BCUT2D eigenvalue weighted by molar-refractivity contribution is 0.0225. The van der Waals surface area contributed by atoms with Gasteiger partial charge in [-0.3, -0.25) is 4.90 Å². The van der Waals surface area contributed by atoms with Crippen molar-refractivity contribution < 1.29 is 5.11 Å². The molecule has 1 fully saturated rings. The summed E-state index contributed by atoms with van der Waals surface area (Å²) in [7, 11) is 0. The van der Waals surface area contributed by atoms with E-state index in [-0.39, 0.29) is 0 Å². The van der Waals surface area contributed by atoms with Crippen LogP contribution in [-0.2, 0) is 6.54 Å². The summed E-state index contributed by atoms with van der Waals surface area (Å²) < 4.78 is 0. The summed E-state index contributed by atoms with van der Waals surface area (Å²) >= 11 is 0. The Balaban J connectivity index is 2.02. The molecule has 0 amide bonds. The predicted molar refractivity (Wildman–Crippen MR) is 89.2 cm³/mol. The third kappa shape index (κ3) is 4.55. The molecule has 1 aliphatic heterocycles. The monoisotopic (exact) mass is 289 g/mol. The van der Waals surface area contributed by atoms with Crippen LogP contribution in [0.15, 0.2) is 30.3 Å². The fraction of sp³-hybridized carbons (Fsp3) is 0.684. The van der Waals surface area contributed by atoms with Crippen LogP contribution in [0.5, 0.6) is 0 Å². The summed E-state index contributed by atoms with van der Waals surface area (Å²) in [6.45, 7) is 8.58. The molecule has 1 aromatic carbocycles. The molecule has 1 N–H and O–H groups in total. The molecule has 2 nitrogen and oxygen atoms in total. The minimum Gasteiger partial charge on any atom is -0.390 e. The first-order chi connectivity index (χ1) is 10.1. The highest BCUT2D eigenvalue weighted by molar-refractivity contribution is 5.15. The van der Waals surface area contributed by atoms with Crippen molar-refractivity contribution in [1.82, 2.24) is 4.90 Å². The summed E-state index contributed by atoms with van der Waals surface area (Å²) in [6, 6.07) is 11.4. The summed E-state index contributed by atoms with van der Waals surface area (Å²) in [5.41, 5.74) is 0.904. The summed E-state index contributed by atoms with van der Waals surface area (Å²) in [4.78, 5) is 2.63. The van der Waals surface area contributed by atoms with Crippen LogP contribution in [0.1, 0.15) is 58.4 Å². The van der Waals surface area contributed by atoms with Gasteiger partial charge in [0.1, 0.15) is 0 Å². The van der Waals surface area contributed by atoms with E-state index in [1.165, 1.54) is 31.4 Å². The van der Waals surface area contributed by atoms with Gasteiger partial charge in [0, 0.05) is 12.6 Å². The summed E-state index contributed by atoms with van der Waals surface area (Å²) in [6.07, 6.45) is 5.49. The van der Waals surface area contributed by atoms with Crippen LogP contribution < -0.4 is 0 Å². The normalized spacial score (nSPS) is 25.9. The number of rotatable bonds is 7. The van der Waals surface area contributed by atoms with Crippen LogP contribution in [0.4, 0.5) is 0 Å². The van der Waals surface area contributed by atoms with Crippen LogP contribution >= 0.6 is 0 Å². The zero-order chi connectivity index (χ0) is 15.3. The maximum absolute atomic E-state index is 10.4. The fourth-order valence-electron chi connectivity index (χ4n) is 3.66. The van der Waals surface area contributed by atoms with Gasteiger partial charge < -0.3 is 5.11 Å². The topological polar surface area (TPSA) is 23.5 Å². The lowest BCUT2D eigenvalue weighted by Crippen LogP contribution is -2.36. The third-order valence-electron chi connectivity index (χ3n) is 5.08. The van der Waals surface area contributed by atoms with E-state index in [2.05, 4.69) is 49.1 Å². The molecule has 0 bridgehead atoms. The number of benzene rings is 1. The molecule has 0 spiro atoms. The smallest absolute Gasteiger partial charge is 0.0620 e. The fourth-order valence-corrected chi connectivity index (χ4v) is 3.66. The first kappa shape index (κ1) is 16.5. The highest BCUT2D eigenvalue weighted by atomic mass is 16.3. The molecule has 21 heavy (non-hydrogen) atoms. The summed E-state index contributed by atoms with van der Waals surface area (Å²) in [5, 5.41) is 10.4.